The lowest BCUT2D eigenvalue weighted by molar-refractivity contribution is 0.188. The number of aromatic nitrogens is 1. The number of amides is 2. The zero-order chi connectivity index (χ0) is 15.4. The number of thiophene rings is 1. The Kier molecular flexibility index (Phi) is 4.70. The molecule has 2 amide bonds. The van der Waals surface area contributed by atoms with Gasteiger partial charge in [-0.15, -0.1) is 11.3 Å². The molecule has 1 aliphatic rings. The van der Waals surface area contributed by atoms with Crippen molar-refractivity contribution in [3.63, 3.8) is 0 Å². The van der Waals surface area contributed by atoms with E-state index in [9.17, 15) is 4.79 Å². The predicted molar refractivity (Wildman–Crippen MR) is 89.2 cm³/mol. The Hall–Kier alpha value is -1.92. The summed E-state index contributed by atoms with van der Waals surface area (Å²) in [6, 6.07) is 5.95. The first-order chi connectivity index (χ1) is 10.7. The number of nitrogens with one attached hydrogen (secondary N) is 2. The molecular formula is C16H20N4OS. The van der Waals surface area contributed by atoms with E-state index in [0.717, 1.165) is 19.5 Å². The van der Waals surface area contributed by atoms with Crippen LogP contribution in [-0.4, -0.2) is 35.0 Å². The maximum absolute atomic E-state index is 11.9. The van der Waals surface area contributed by atoms with E-state index in [-0.39, 0.29) is 6.03 Å². The fraction of sp³-hybridized carbons (Fsp3) is 0.375. The maximum atomic E-state index is 11.9. The van der Waals surface area contributed by atoms with Gasteiger partial charge in [0.25, 0.3) is 0 Å². The van der Waals surface area contributed by atoms with Crippen molar-refractivity contribution in [2.24, 2.45) is 0 Å². The van der Waals surface area contributed by atoms with E-state index in [4.69, 9.17) is 0 Å². The average molecular weight is 316 g/mol. The van der Waals surface area contributed by atoms with Gasteiger partial charge in [0, 0.05) is 36.8 Å². The number of rotatable bonds is 4. The van der Waals surface area contributed by atoms with Gasteiger partial charge in [-0.1, -0.05) is 0 Å². The number of carbonyl (C=O) groups excluding carboxylic acids is 1. The third-order valence-electron chi connectivity index (χ3n) is 3.94. The van der Waals surface area contributed by atoms with E-state index in [1.165, 1.54) is 10.4 Å². The average Bonchev–Trinajstić information content (AvgIpc) is 3.01. The van der Waals surface area contributed by atoms with Crippen LogP contribution in [0.2, 0.25) is 0 Å². The van der Waals surface area contributed by atoms with Crippen LogP contribution < -0.4 is 10.6 Å². The van der Waals surface area contributed by atoms with Crippen LogP contribution in [0.3, 0.4) is 0 Å². The number of urea groups is 1. The fourth-order valence-electron chi connectivity index (χ4n) is 2.63. The van der Waals surface area contributed by atoms with Crippen molar-refractivity contribution in [1.82, 2.24) is 15.2 Å². The van der Waals surface area contributed by atoms with E-state index in [0.29, 0.717) is 18.3 Å². The lowest BCUT2D eigenvalue weighted by Gasteiger charge is -2.32. The van der Waals surface area contributed by atoms with Crippen molar-refractivity contribution in [1.29, 1.82) is 0 Å². The second-order valence-corrected chi connectivity index (χ2v) is 6.52. The third-order valence-corrected chi connectivity index (χ3v) is 4.96. The molecular weight excluding hydrogens is 296 g/mol. The summed E-state index contributed by atoms with van der Waals surface area (Å²) in [4.78, 5) is 19.8. The minimum absolute atomic E-state index is 0.187. The van der Waals surface area contributed by atoms with Crippen LogP contribution >= 0.6 is 11.3 Å². The summed E-state index contributed by atoms with van der Waals surface area (Å²) in [6.45, 7) is 4.82. The zero-order valence-corrected chi connectivity index (χ0v) is 13.4. The minimum atomic E-state index is -0.187. The molecule has 3 rings (SSSR count). The number of carbonyl (C=O) groups is 1. The summed E-state index contributed by atoms with van der Waals surface area (Å²) in [7, 11) is 0. The Morgan fingerprint density at radius 2 is 2.41 bits per heavy atom. The second-order valence-electron chi connectivity index (χ2n) is 5.52. The van der Waals surface area contributed by atoms with Crippen LogP contribution in [0.5, 0.6) is 0 Å². The van der Waals surface area contributed by atoms with Gasteiger partial charge in [-0.05, 0) is 42.5 Å². The van der Waals surface area contributed by atoms with Crippen molar-refractivity contribution in [3.8, 4) is 0 Å². The van der Waals surface area contributed by atoms with E-state index in [2.05, 4.69) is 38.9 Å². The van der Waals surface area contributed by atoms with Gasteiger partial charge >= 0.3 is 6.03 Å². The van der Waals surface area contributed by atoms with Gasteiger partial charge in [0.2, 0.25) is 0 Å². The highest BCUT2D eigenvalue weighted by atomic mass is 32.1. The lowest BCUT2D eigenvalue weighted by atomic mass is 10.1. The molecule has 0 unspecified atom stereocenters. The molecule has 0 spiro atoms. The first kappa shape index (κ1) is 15.0. The highest BCUT2D eigenvalue weighted by Gasteiger charge is 2.21. The number of anilines is 1. The van der Waals surface area contributed by atoms with Crippen molar-refractivity contribution < 1.29 is 4.79 Å². The Bertz CT molecular complexity index is 628. The largest absolute Gasteiger partial charge is 0.336 e. The second kappa shape index (κ2) is 6.89. The lowest BCUT2D eigenvalue weighted by Crippen LogP contribution is -2.45. The number of fused-ring (bicyclic) bond motifs is 1. The molecule has 116 valence electrons. The van der Waals surface area contributed by atoms with Crippen molar-refractivity contribution in [3.05, 3.63) is 46.4 Å². The Morgan fingerprint density at radius 1 is 1.50 bits per heavy atom. The molecule has 0 aromatic carbocycles. The summed E-state index contributed by atoms with van der Waals surface area (Å²) in [5.74, 6) is 0. The first-order valence-electron chi connectivity index (χ1n) is 7.46. The standard InChI is InChI=1S/C16H20N4OS/c1-12(20-7-4-15-13(11-20)5-8-22-15)9-18-16(21)19-14-3-2-6-17-10-14/h2-3,5-6,8,10,12H,4,7,9,11H2,1H3,(H2,18,19,21)/t12-/m1/s1. The summed E-state index contributed by atoms with van der Waals surface area (Å²) >= 11 is 1.85. The molecule has 5 nitrogen and oxygen atoms in total. The normalized spacial score (nSPS) is 15.9. The molecule has 0 saturated heterocycles. The van der Waals surface area contributed by atoms with E-state index < -0.39 is 0 Å². The molecule has 1 aliphatic heterocycles. The highest BCUT2D eigenvalue weighted by molar-refractivity contribution is 7.10. The molecule has 1 atom stereocenters. The number of hydrogen-bond acceptors (Lipinski definition) is 4. The molecule has 2 aromatic rings. The Labute approximate surface area is 134 Å². The predicted octanol–water partition coefficient (Wildman–Crippen LogP) is 2.71. The summed E-state index contributed by atoms with van der Waals surface area (Å²) in [5.41, 5.74) is 2.14. The highest BCUT2D eigenvalue weighted by Crippen LogP contribution is 2.24. The molecule has 6 heteroatoms. The zero-order valence-electron chi connectivity index (χ0n) is 12.6. The van der Waals surface area contributed by atoms with E-state index in [1.807, 2.05) is 17.4 Å². The number of nitrogens with zero attached hydrogens (tertiary/aromatic N) is 2. The van der Waals surface area contributed by atoms with Gasteiger partial charge in [-0.25, -0.2) is 4.79 Å². The van der Waals surface area contributed by atoms with Gasteiger partial charge in [-0.2, -0.15) is 0 Å². The van der Waals surface area contributed by atoms with E-state index in [1.54, 1.807) is 18.5 Å². The topological polar surface area (TPSA) is 57.3 Å². The summed E-state index contributed by atoms with van der Waals surface area (Å²) in [5, 5.41) is 7.88. The van der Waals surface area contributed by atoms with Crippen LogP contribution in [0.15, 0.2) is 36.0 Å². The molecule has 22 heavy (non-hydrogen) atoms. The maximum Gasteiger partial charge on any atom is 0.319 e. The first-order valence-corrected chi connectivity index (χ1v) is 8.34. The van der Waals surface area contributed by atoms with Crippen LogP contribution in [0.1, 0.15) is 17.4 Å². The molecule has 0 fully saturated rings. The van der Waals surface area contributed by atoms with Gasteiger partial charge < -0.3 is 10.6 Å². The van der Waals surface area contributed by atoms with E-state index >= 15 is 0 Å². The van der Waals surface area contributed by atoms with Crippen LogP contribution in [0, 0.1) is 0 Å². The third kappa shape index (κ3) is 3.64. The molecule has 0 aliphatic carbocycles. The van der Waals surface area contributed by atoms with Crippen molar-refractivity contribution in [2.75, 3.05) is 18.4 Å². The monoisotopic (exact) mass is 316 g/mol. The molecule has 2 N–H and O–H groups in total. The van der Waals surface area contributed by atoms with Gasteiger partial charge in [0.15, 0.2) is 0 Å². The Morgan fingerprint density at radius 3 is 3.23 bits per heavy atom. The minimum Gasteiger partial charge on any atom is -0.336 e. The molecule has 2 aromatic heterocycles. The molecule has 0 saturated carbocycles. The number of pyridine rings is 1. The van der Waals surface area contributed by atoms with Crippen LogP contribution in [-0.2, 0) is 13.0 Å². The SMILES string of the molecule is C[C@H](CNC(=O)Nc1cccnc1)N1CCc2sccc2C1. The fourth-order valence-corrected chi connectivity index (χ4v) is 3.52. The molecule has 0 bridgehead atoms. The summed E-state index contributed by atoms with van der Waals surface area (Å²) in [6.07, 6.45) is 4.42. The van der Waals surface area contributed by atoms with Crippen molar-refractivity contribution >= 4 is 23.1 Å². The van der Waals surface area contributed by atoms with Crippen LogP contribution in [0.25, 0.3) is 0 Å². The Balaban J connectivity index is 1.46. The summed E-state index contributed by atoms with van der Waals surface area (Å²) < 4.78 is 0. The van der Waals surface area contributed by atoms with Gasteiger partial charge in [-0.3, -0.25) is 9.88 Å². The molecule has 0 radical (unpaired) electrons. The smallest absolute Gasteiger partial charge is 0.319 e. The van der Waals surface area contributed by atoms with Gasteiger partial charge in [0.05, 0.1) is 11.9 Å². The van der Waals surface area contributed by atoms with Crippen LogP contribution in [0.4, 0.5) is 10.5 Å². The van der Waals surface area contributed by atoms with Crippen molar-refractivity contribution in [2.45, 2.75) is 25.9 Å². The molecule has 3 heterocycles. The van der Waals surface area contributed by atoms with Gasteiger partial charge in [0.1, 0.15) is 0 Å². The quantitative estimate of drug-likeness (QED) is 0.912. The number of hydrogen-bond donors (Lipinski definition) is 2.